The Morgan fingerprint density at radius 1 is 0.889 bits per heavy atom. The highest BCUT2D eigenvalue weighted by molar-refractivity contribution is 5.96. The quantitative estimate of drug-likeness (QED) is 0.703. The van der Waals surface area contributed by atoms with Gasteiger partial charge in [-0.05, 0) is 44.0 Å². The van der Waals surface area contributed by atoms with E-state index in [1.807, 2.05) is 38.1 Å². The molecular formula is C21H25N3O3. The van der Waals surface area contributed by atoms with Crippen LogP contribution in [0.2, 0.25) is 0 Å². The van der Waals surface area contributed by atoms with Crippen molar-refractivity contribution in [1.82, 2.24) is 10.6 Å². The third-order valence-electron chi connectivity index (χ3n) is 4.10. The zero-order chi connectivity index (χ0) is 19.8. The van der Waals surface area contributed by atoms with Crippen molar-refractivity contribution in [1.29, 1.82) is 0 Å². The molecule has 0 fully saturated rings. The van der Waals surface area contributed by atoms with E-state index < -0.39 is 0 Å². The lowest BCUT2D eigenvalue weighted by Crippen LogP contribution is -2.39. The number of carbonyl (C=O) groups is 3. The number of carbonyl (C=O) groups excluding carboxylic acids is 3. The molecule has 6 nitrogen and oxygen atoms in total. The second-order valence-corrected chi connectivity index (χ2v) is 6.54. The molecular weight excluding hydrogens is 342 g/mol. The average molecular weight is 367 g/mol. The number of hydrogen-bond acceptors (Lipinski definition) is 3. The van der Waals surface area contributed by atoms with Crippen molar-refractivity contribution in [3.8, 4) is 0 Å². The van der Waals surface area contributed by atoms with Crippen molar-refractivity contribution in [2.24, 2.45) is 0 Å². The van der Waals surface area contributed by atoms with E-state index >= 15 is 0 Å². The predicted molar refractivity (Wildman–Crippen MR) is 106 cm³/mol. The molecule has 0 bridgehead atoms. The molecule has 0 heterocycles. The summed E-state index contributed by atoms with van der Waals surface area (Å²) in [5.41, 5.74) is 3.23. The van der Waals surface area contributed by atoms with Crippen LogP contribution < -0.4 is 16.0 Å². The Morgan fingerprint density at radius 3 is 2.15 bits per heavy atom. The van der Waals surface area contributed by atoms with Crippen molar-refractivity contribution in [3.63, 3.8) is 0 Å². The molecule has 27 heavy (non-hydrogen) atoms. The van der Waals surface area contributed by atoms with Crippen molar-refractivity contribution >= 4 is 23.4 Å². The fourth-order valence-electron chi connectivity index (χ4n) is 2.67. The number of rotatable bonds is 7. The zero-order valence-electron chi connectivity index (χ0n) is 15.8. The molecule has 0 spiro atoms. The third-order valence-corrected chi connectivity index (χ3v) is 4.10. The number of amides is 3. The normalized spacial score (nSPS) is 11.4. The summed E-state index contributed by atoms with van der Waals surface area (Å²) >= 11 is 0. The Morgan fingerprint density at radius 2 is 1.52 bits per heavy atom. The predicted octanol–water partition coefficient (Wildman–Crippen LogP) is 2.57. The molecule has 1 atom stereocenters. The molecule has 142 valence electrons. The summed E-state index contributed by atoms with van der Waals surface area (Å²) in [5.74, 6) is -0.821. The molecule has 0 radical (unpaired) electrons. The molecule has 0 aliphatic carbocycles. The molecule has 2 aromatic rings. The second kappa shape index (κ2) is 9.52. The van der Waals surface area contributed by atoms with Gasteiger partial charge in [-0.3, -0.25) is 14.4 Å². The van der Waals surface area contributed by atoms with Gasteiger partial charge in [0.1, 0.15) is 0 Å². The van der Waals surface area contributed by atoms with Gasteiger partial charge in [-0.1, -0.05) is 36.4 Å². The summed E-state index contributed by atoms with van der Waals surface area (Å²) in [5, 5.41) is 8.17. The van der Waals surface area contributed by atoms with Crippen LogP contribution in [0.3, 0.4) is 0 Å². The Balaban J connectivity index is 1.76. The van der Waals surface area contributed by atoms with Gasteiger partial charge in [0.2, 0.25) is 11.8 Å². The van der Waals surface area contributed by atoms with Gasteiger partial charge < -0.3 is 16.0 Å². The first-order valence-corrected chi connectivity index (χ1v) is 8.85. The smallest absolute Gasteiger partial charge is 0.251 e. The lowest BCUT2D eigenvalue weighted by molar-refractivity contribution is -0.124. The summed E-state index contributed by atoms with van der Waals surface area (Å²) in [6, 6.07) is 14.2. The number of nitrogens with one attached hydrogen (secondary N) is 3. The summed E-state index contributed by atoms with van der Waals surface area (Å²) in [6.07, 6.45) is 0.0925. The maximum Gasteiger partial charge on any atom is 0.251 e. The van der Waals surface area contributed by atoms with Crippen LogP contribution in [0.1, 0.15) is 34.8 Å². The van der Waals surface area contributed by atoms with Crippen LogP contribution in [-0.4, -0.2) is 30.3 Å². The zero-order valence-corrected chi connectivity index (χ0v) is 15.8. The second-order valence-electron chi connectivity index (χ2n) is 6.54. The highest BCUT2D eigenvalue weighted by Gasteiger charge is 2.14. The fourth-order valence-corrected chi connectivity index (χ4v) is 2.67. The molecule has 6 heteroatoms. The summed E-state index contributed by atoms with van der Waals surface area (Å²) in [7, 11) is 0. The van der Waals surface area contributed by atoms with E-state index in [0.717, 1.165) is 16.8 Å². The number of benzene rings is 2. The minimum Gasteiger partial charge on any atom is -0.349 e. The summed E-state index contributed by atoms with van der Waals surface area (Å²) in [4.78, 5) is 36.2. The van der Waals surface area contributed by atoms with Gasteiger partial charge in [-0.2, -0.15) is 0 Å². The highest BCUT2D eigenvalue weighted by atomic mass is 16.2. The minimum absolute atomic E-state index is 0.0925. The average Bonchev–Trinajstić information content (AvgIpc) is 2.63. The summed E-state index contributed by atoms with van der Waals surface area (Å²) < 4.78 is 0. The van der Waals surface area contributed by atoms with Gasteiger partial charge in [0.25, 0.3) is 5.91 Å². The van der Waals surface area contributed by atoms with E-state index in [1.165, 1.54) is 0 Å². The molecule has 3 N–H and O–H groups in total. The van der Waals surface area contributed by atoms with Gasteiger partial charge in [0.05, 0.1) is 6.54 Å². The Bertz CT molecular complexity index is 798. The molecule has 0 saturated carbocycles. The molecule has 0 aliphatic heterocycles. The number of aryl methyl sites for hydroxylation is 2. The van der Waals surface area contributed by atoms with Gasteiger partial charge >= 0.3 is 0 Å². The Kier molecular flexibility index (Phi) is 7.11. The van der Waals surface area contributed by atoms with Crippen LogP contribution in [0, 0.1) is 13.8 Å². The number of hydrogen-bond donors (Lipinski definition) is 3. The van der Waals surface area contributed by atoms with E-state index in [2.05, 4.69) is 16.0 Å². The fraction of sp³-hybridized carbons (Fsp3) is 0.286. The van der Waals surface area contributed by atoms with Crippen LogP contribution in [0.15, 0.2) is 48.5 Å². The first-order valence-electron chi connectivity index (χ1n) is 8.85. The maximum absolute atomic E-state index is 12.1. The van der Waals surface area contributed by atoms with Crippen LogP contribution in [0.5, 0.6) is 0 Å². The third kappa shape index (κ3) is 6.26. The van der Waals surface area contributed by atoms with E-state index in [-0.39, 0.29) is 36.7 Å². The highest BCUT2D eigenvalue weighted by Crippen LogP contribution is 2.18. The minimum atomic E-state index is -0.348. The first-order chi connectivity index (χ1) is 12.9. The van der Waals surface area contributed by atoms with Gasteiger partial charge in [0, 0.05) is 23.7 Å². The largest absolute Gasteiger partial charge is 0.349 e. The van der Waals surface area contributed by atoms with Crippen molar-refractivity contribution in [2.45, 2.75) is 33.2 Å². The Hall–Kier alpha value is -3.15. The van der Waals surface area contributed by atoms with Crippen molar-refractivity contribution in [3.05, 3.63) is 65.2 Å². The monoisotopic (exact) mass is 367 g/mol. The molecule has 3 amide bonds. The molecule has 0 aromatic heterocycles. The van der Waals surface area contributed by atoms with Gasteiger partial charge in [0.15, 0.2) is 0 Å². The lowest BCUT2D eigenvalue weighted by Gasteiger charge is -2.15. The molecule has 0 unspecified atom stereocenters. The Labute approximate surface area is 159 Å². The van der Waals surface area contributed by atoms with E-state index in [0.29, 0.717) is 5.56 Å². The number of anilines is 1. The van der Waals surface area contributed by atoms with Crippen LogP contribution in [0.25, 0.3) is 0 Å². The van der Waals surface area contributed by atoms with Gasteiger partial charge in [-0.25, -0.2) is 0 Å². The van der Waals surface area contributed by atoms with Crippen LogP contribution in [-0.2, 0) is 9.59 Å². The van der Waals surface area contributed by atoms with E-state index in [9.17, 15) is 14.4 Å². The summed E-state index contributed by atoms with van der Waals surface area (Å²) in [6.45, 7) is 5.46. The first kappa shape index (κ1) is 20.2. The van der Waals surface area contributed by atoms with E-state index in [4.69, 9.17) is 0 Å². The van der Waals surface area contributed by atoms with Gasteiger partial charge in [-0.15, -0.1) is 0 Å². The van der Waals surface area contributed by atoms with Crippen LogP contribution >= 0.6 is 0 Å². The maximum atomic E-state index is 12.1. The topological polar surface area (TPSA) is 87.3 Å². The molecule has 2 rings (SSSR count). The van der Waals surface area contributed by atoms with E-state index in [1.54, 1.807) is 31.2 Å². The molecule has 2 aromatic carbocycles. The SMILES string of the molecule is Cc1cccc(C)c1NC(=O)CNC(=O)C[C@H](C)NC(=O)c1ccccc1. The number of para-hydroxylation sites is 1. The molecule has 0 aliphatic rings. The van der Waals surface area contributed by atoms with Crippen molar-refractivity contribution < 1.29 is 14.4 Å². The molecule has 0 saturated heterocycles. The van der Waals surface area contributed by atoms with Crippen molar-refractivity contribution in [2.75, 3.05) is 11.9 Å². The van der Waals surface area contributed by atoms with Crippen LogP contribution in [0.4, 0.5) is 5.69 Å². The standard InChI is InChI=1S/C21H25N3O3/c1-14-8-7-9-15(2)20(14)24-19(26)13-22-18(25)12-16(3)23-21(27)17-10-5-4-6-11-17/h4-11,16H,12-13H2,1-3H3,(H,22,25)(H,23,27)(H,24,26)/t16-/m0/s1. The lowest BCUT2D eigenvalue weighted by atomic mass is 10.1.